The lowest BCUT2D eigenvalue weighted by Gasteiger charge is -2.07. The fourth-order valence-corrected chi connectivity index (χ4v) is 1.52. The maximum atomic E-state index is 5.28. The average Bonchev–Trinajstić information content (AvgIpc) is 3.00. The van der Waals surface area contributed by atoms with E-state index in [-0.39, 0.29) is 0 Å². The summed E-state index contributed by atoms with van der Waals surface area (Å²) in [5, 5.41) is 0. The molecule has 2 heteroatoms. The van der Waals surface area contributed by atoms with Crippen LogP contribution in [-0.2, 0) is 6.42 Å². The van der Waals surface area contributed by atoms with Gasteiger partial charge in [0.05, 0.1) is 12.8 Å². The van der Waals surface area contributed by atoms with Gasteiger partial charge in [-0.1, -0.05) is 6.92 Å². The van der Waals surface area contributed by atoms with E-state index < -0.39 is 0 Å². The van der Waals surface area contributed by atoms with Crippen molar-refractivity contribution in [2.24, 2.45) is 0 Å². The molecule has 0 atom stereocenters. The number of aromatic nitrogens is 1. The summed E-state index contributed by atoms with van der Waals surface area (Å²) in [6.45, 7) is 2.13. The van der Waals surface area contributed by atoms with Crippen molar-refractivity contribution in [2.45, 2.75) is 32.1 Å². The Hall–Kier alpha value is -1.05. The molecular weight excluding hydrogens is 162 g/mol. The zero-order valence-corrected chi connectivity index (χ0v) is 8.21. The van der Waals surface area contributed by atoms with Gasteiger partial charge in [0.1, 0.15) is 5.75 Å². The number of hydrogen-bond donors (Lipinski definition) is 0. The molecule has 0 spiro atoms. The average molecular weight is 177 g/mol. The third-order valence-corrected chi connectivity index (χ3v) is 2.49. The lowest BCUT2D eigenvalue weighted by atomic mass is 10.2. The zero-order valence-electron chi connectivity index (χ0n) is 8.21. The van der Waals surface area contributed by atoms with Crippen molar-refractivity contribution in [3.05, 3.63) is 23.5 Å². The molecule has 1 fully saturated rings. The molecule has 2 rings (SSSR count). The topological polar surface area (TPSA) is 22.1 Å². The standard InChI is InChI=1S/C11H15NO/c1-3-9-6-7-10(13-2)11(12-9)8-4-5-8/h6-8H,3-5H2,1-2H3. The van der Waals surface area contributed by atoms with Crippen molar-refractivity contribution in [2.75, 3.05) is 7.11 Å². The predicted molar refractivity (Wildman–Crippen MR) is 52.1 cm³/mol. The number of ether oxygens (including phenoxy) is 1. The van der Waals surface area contributed by atoms with Crippen LogP contribution in [-0.4, -0.2) is 12.1 Å². The first-order valence-corrected chi connectivity index (χ1v) is 4.89. The molecule has 1 aromatic heterocycles. The van der Waals surface area contributed by atoms with Crippen LogP contribution < -0.4 is 4.74 Å². The van der Waals surface area contributed by atoms with Crippen molar-refractivity contribution < 1.29 is 4.74 Å². The Balaban J connectivity index is 2.35. The second-order valence-corrected chi connectivity index (χ2v) is 3.52. The first kappa shape index (κ1) is 8.54. The van der Waals surface area contributed by atoms with Crippen LogP contribution in [0.15, 0.2) is 12.1 Å². The summed E-state index contributed by atoms with van der Waals surface area (Å²) < 4.78 is 5.28. The van der Waals surface area contributed by atoms with E-state index in [1.165, 1.54) is 24.2 Å². The highest BCUT2D eigenvalue weighted by atomic mass is 16.5. The Morgan fingerprint density at radius 3 is 2.77 bits per heavy atom. The summed E-state index contributed by atoms with van der Waals surface area (Å²) in [5.74, 6) is 1.63. The van der Waals surface area contributed by atoms with Gasteiger partial charge in [0.2, 0.25) is 0 Å². The van der Waals surface area contributed by atoms with Gasteiger partial charge in [-0.25, -0.2) is 0 Å². The minimum Gasteiger partial charge on any atom is -0.495 e. The number of hydrogen-bond acceptors (Lipinski definition) is 2. The number of rotatable bonds is 3. The molecule has 1 saturated carbocycles. The van der Waals surface area contributed by atoms with Crippen LogP contribution in [0.4, 0.5) is 0 Å². The third-order valence-electron chi connectivity index (χ3n) is 2.49. The van der Waals surface area contributed by atoms with E-state index in [1.807, 2.05) is 12.1 Å². The van der Waals surface area contributed by atoms with Crippen molar-refractivity contribution in [3.8, 4) is 5.75 Å². The van der Waals surface area contributed by atoms with Crippen LogP contribution in [0.5, 0.6) is 5.75 Å². The summed E-state index contributed by atoms with van der Waals surface area (Å²) in [5.41, 5.74) is 2.34. The minimum absolute atomic E-state index is 0.668. The molecule has 1 heterocycles. The quantitative estimate of drug-likeness (QED) is 0.707. The van der Waals surface area contributed by atoms with Gasteiger partial charge in [-0.3, -0.25) is 4.98 Å². The SMILES string of the molecule is CCc1ccc(OC)c(C2CC2)n1. The van der Waals surface area contributed by atoms with E-state index in [2.05, 4.69) is 11.9 Å². The molecule has 13 heavy (non-hydrogen) atoms. The first-order valence-electron chi connectivity index (χ1n) is 4.89. The van der Waals surface area contributed by atoms with Gasteiger partial charge in [0.15, 0.2) is 0 Å². The summed E-state index contributed by atoms with van der Waals surface area (Å²) in [6, 6.07) is 4.09. The molecule has 1 aromatic rings. The Kier molecular flexibility index (Phi) is 2.21. The molecule has 70 valence electrons. The van der Waals surface area contributed by atoms with Crippen LogP contribution in [0.3, 0.4) is 0 Å². The molecule has 0 bridgehead atoms. The van der Waals surface area contributed by atoms with E-state index in [0.717, 1.165) is 12.2 Å². The highest BCUT2D eigenvalue weighted by Crippen LogP contribution is 2.43. The van der Waals surface area contributed by atoms with Gasteiger partial charge in [-0.15, -0.1) is 0 Å². The molecule has 0 saturated heterocycles. The molecule has 2 nitrogen and oxygen atoms in total. The van der Waals surface area contributed by atoms with Crippen LogP contribution in [0, 0.1) is 0 Å². The fraction of sp³-hybridized carbons (Fsp3) is 0.545. The summed E-state index contributed by atoms with van der Waals surface area (Å²) in [4.78, 5) is 4.60. The van der Waals surface area contributed by atoms with Gasteiger partial charge in [0.25, 0.3) is 0 Å². The molecule has 0 aromatic carbocycles. The normalized spacial score (nSPS) is 15.8. The Labute approximate surface area is 78.9 Å². The van der Waals surface area contributed by atoms with E-state index in [1.54, 1.807) is 7.11 Å². The first-order chi connectivity index (χ1) is 6.35. The molecule has 0 amide bonds. The second-order valence-electron chi connectivity index (χ2n) is 3.52. The molecule has 0 aliphatic heterocycles. The number of nitrogens with zero attached hydrogens (tertiary/aromatic N) is 1. The highest BCUT2D eigenvalue weighted by Gasteiger charge is 2.28. The van der Waals surface area contributed by atoms with Crippen LogP contribution >= 0.6 is 0 Å². The molecule has 0 radical (unpaired) electrons. The molecule has 1 aliphatic rings. The van der Waals surface area contributed by atoms with Gasteiger partial charge < -0.3 is 4.74 Å². The number of pyridine rings is 1. The van der Waals surface area contributed by atoms with Crippen molar-refractivity contribution in [1.82, 2.24) is 4.98 Å². The van der Waals surface area contributed by atoms with Crippen molar-refractivity contribution >= 4 is 0 Å². The van der Waals surface area contributed by atoms with Crippen LogP contribution in [0.25, 0.3) is 0 Å². The zero-order chi connectivity index (χ0) is 9.26. The lowest BCUT2D eigenvalue weighted by molar-refractivity contribution is 0.406. The van der Waals surface area contributed by atoms with Crippen LogP contribution in [0.1, 0.15) is 37.1 Å². The lowest BCUT2D eigenvalue weighted by Crippen LogP contribution is -1.97. The molecular formula is C11H15NO. The molecule has 0 unspecified atom stereocenters. The van der Waals surface area contributed by atoms with E-state index in [9.17, 15) is 0 Å². The fourth-order valence-electron chi connectivity index (χ4n) is 1.52. The van der Waals surface area contributed by atoms with Crippen molar-refractivity contribution in [3.63, 3.8) is 0 Å². The predicted octanol–water partition coefficient (Wildman–Crippen LogP) is 2.53. The number of methoxy groups -OCH3 is 1. The number of aryl methyl sites for hydroxylation is 1. The molecule has 0 N–H and O–H groups in total. The largest absolute Gasteiger partial charge is 0.495 e. The summed E-state index contributed by atoms with van der Waals surface area (Å²) >= 11 is 0. The smallest absolute Gasteiger partial charge is 0.140 e. The maximum Gasteiger partial charge on any atom is 0.140 e. The van der Waals surface area contributed by atoms with E-state index in [0.29, 0.717) is 5.92 Å². The Morgan fingerprint density at radius 1 is 1.46 bits per heavy atom. The third kappa shape index (κ3) is 1.67. The monoisotopic (exact) mass is 177 g/mol. The van der Waals surface area contributed by atoms with E-state index in [4.69, 9.17) is 4.74 Å². The maximum absolute atomic E-state index is 5.28. The van der Waals surface area contributed by atoms with Gasteiger partial charge in [0, 0.05) is 11.6 Å². The van der Waals surface area contributed by atoms with Gasteiger partial charge >= 0.3 is 0 Å². The summed E-state index contributed by atoms with van der Waals surface area (Å²) in [6.07, 6.45) is 3.55. The van der Waals surface area contributed by atoms with Gasteiger partial charge in [-0.2, -0.15) is 0 Å². The van der Waals surface area contributed by atoms with E-state index >= 15 is 0 Å². The molecule has 1 aliphatic carbocycles. The van der Waals surface area contributed by atoms with Gasteiger partial charge in [-0.05, 0) is 31.4 Å². The van der Waals surface area contributed by atoms with Crippen molar-refractivity contribution in [1.29, 1.82) is 0 Å². The summed E-state index contributed by atoms with van der Waals surface area (Å²) in [7, 11) is 1.72. The van der Waals surface area contributed by atoms with Crippen LogP contribution in [0.2, 0.25) is 0 Å². The second kappa shape index (κ2) is 3.36. The minimum atomic E-state index is 0.668. The Bertz CT molecular complexity index is 305. The highest BCUT2D eigenvalue weighted by molar-refractivity contribution is 5.34. The Morgan fingerprint density at radius 2 is 2.23 bits per heavy atom.